The topological polar surface area (TPSA) is 86.8 Å². The number of carbonyl (C=O) groups excluding carboxylic acids is 2. The van der Waals surface area contributed by atoms with Gasteiger partial charge in [0.1, 0.15) is 12.6 Å². The van der Waals surface area contributed by atoms with E-state index >= 15 is 0 Å². The minimum atomic E-state index is -4.21. The molecule has 0 unspecified atom stereocenters. The fourth-order valence-electron chi connectivity index (χ4n) is 3.99. The van der Waals surface area contributed by atoms with Gasteiger partial charge in [-0.05, 0) is 70.0 Å². The summed E-state index contributed by atoms with van der Waals surface area (Å²) in [6.45, 7) is 8.83. The fraction of sp³-hybridized carbons (Fsp3) is 0.333. The summed E-state index contributed by atoms with van der Waals surface area (Å²) in [5, 5.41) is 3.36. The quantitative estimate of drug-likeness (QED) is 0.285. The molecule has 0 aliphatic heterocycles. The Morgan fingerprint density at radius 2 is 1.40 bits per heavy atom. The van der Waals surface area contributed by atoms with Gasteiger partial charge in [0.15, 0.2) is 0 Å². The minimum Gasteiger partial charge on any atom is -0.352 e. The molecule has 0 fully saturated rings. The number of carbonyl (C=O) groups is 2. The van der Waals surface area contributed by atoms with Crippen molar-refractivity contribution in [2.24, 2.45) is 0 Å². The van der Waals surface area contributed by atoms with Gasteiger partial charge < -0.3 is 10.2 Å². The van der Waals surface area contributed by atoms with Crippen LogP contribution in [0.4, 0.5) is 5.69 Å². The van der Waals surface area contributed by atoms with Crippen molar-refractivity contribution in [3.05, 3.63) is 93.5 Å². The van der Waals surface area contributed by atoms with Crippen molar-refractivity contribution in [2.75, 3.05) is 10.8 Å². The number of benzene rings is 3. The van der Waals surface area contributed by atoms with Crippen molar-refractivity contribution in [2.45, 2.75) is 64.6 Å². The van der Waals surface area contributed by atoms with Gasteiger partial charge in [0.25, 0.3) is 10.0 Å². The Kier molecular flexibility index (Phi) is 10.6. The molecule has 0 saturated heterocycles. The van der Waals surface area contributed by atoms with Crippen LogP contribution in [-0.4, -0.2) is 43.8 Å². The van der Waals surface area contributed by atoms with E-state index in [1.54, 1.807) is 19.1 Å². The van der Waals surface area contributed by atoms with Gasteiger partial charge in [-0.2, -0.15) is 0 Å². The maximum Gasteiger partial charge on any atom is 0.264 e. The minimum absolute atomic E-state index is 0.00893. The van der Waals surface area contributed by atoms with Crippen LogP contribution in [0.2, 0.25) is 10.0 Å². The first-order valence-electron chi connectivity index (χ1n) is 13.0. The summed E-state index contributed by atoms with van der Waals surface area (Å²) in [5.41, 5.74) is 2.88. The first-order chi connectivity index (χ1) is 18.8. The molecule has 0 aliphatic rings. The molecule has 0 aliphatic carbocycles. The number of anilines is 1. The zero-order valence-electron chi connectivity index (χ0n) is 23.3. The van der Waals surface area contributed by atoms with Gasteiger partial charge in [0.2, 0.25) is 11.8 Å². The number of nitrogens with one attached hydrogen (secondary N) is 1. The van der Waals surface area contributed by atoms with Crippen molar-refractivity contribution in [1.29, 1.82) is 0 Å². The lowest BCUT2D eigenvalue weighted by Gasteiger charge is -2.32. The third kappa shape index (κ3) is 7.99. The predicted molar refractivity (Wildman–Crippen MR) is 161 cm³/mol. The summed E-state index contributed by atoms with van der Waals surface area (Å²) in [6, 6.07) is 17.4. The number of rotatable bonds is 11. The van der Waals surface area contributed by atoms with Crippen LogP contribution in [0, 0.1) is 13.8 Å². The van der Waals surface area contributed by atoms with Crippen molar-refractivity contribution in [3.63, 3.8) is 0 Å². The standard InChI is InChI=1S/C30H35Cl2N3O4S/c1-6-22(4)33-30(37)23(5)34(18-24-11-7-20(2)8-12-24)29(36)19-35(27-16-25(31)15-26(32)17-27)40(38,39)28-13-9-21(3)10-14-28/h7-17,22-23H,6,18-19H2,1-5H3,(H,33,37)/t22-,23-/m1/s1. The molecule has 0 bridgehead atoms. The summed E-state index contributed by atoms with van der Waals surface area (Å²) in [7, 11) is -4.21. The van der Waals surface area contributed by atoms with Crippen LogP contribution in [0.3, 0.4) is 0 Å². The molecule has 3 rings (SSSR count). The maximum atomic E-state index is 14.0. The molecule has 2 amide bonds. The van der Waals surface area contributed by atoms with Gasteiger partial charge in [0.05, 0.1) is 10.6 Å². The largest absolute Gasteiger partial charge is 0.352 e. The summed E-state index contributed by atoms with van der Waals surface area (Å²) in [4.78, 5) is 28.5. The Bertz CT molecular complexity index is 1420. The number of hydrogen-bond acceptors (Lipinski definition) is 4. The summed E-state index contributed by atoms with van der Waals surface area (Å²) in [5.74, 6) is -0.882. The Labute approximate surface area is 247 Å². The van der Waals surface area contributed by atoms with Gasteiger partial charge in [-0.3, -0.25) is 13.9 Å². The van der Waals surface area contributed by atoms with Crippen LogP contribution in [0.15, 0.2) is 71.6 Å². The lowest BCUT2D eigenvalue weighted by atomic mass is 10.1. The molecule has 0 aromatic heterocycles. The van der Waals surface area contributed by atoms with E-state index < -0.39 is 28.5 Å². The first-order valence-corrected chi connectivity index (χ1v) is 15.2. The second-order valence-electron chi connectivity index (χ2n) is 9.95. The highest BCUT2D eigenvalue weighted by atomic mass is 35.5. The van der Waals surface area contributed by atoms with E-state index in [0.717, 1.165) is 27.4 Å². The molecule has 0 radical (unpaired) electrons. The van der Waals surface area contributed by atoms with Crippen molar-refractivity contribution in [1.82, 2.24) is 10.2 Å². The van der Waals surface area contributed by atoms with Crippen LogP contribution in [0.25, 0.3) is 0 Å². The average Bonchev–Trinajstić information content (AvgIpc) is 2.90. The molecule has 1 N–H and O–H groups in total. The Morgan fingerprint density at radius 1 is 0.875 bits per heavy atom. The maximum absolute atomic E-state index is 14.0. The Morgan fingerprint density at radius 3 is 1.93 bits per heavy atom. The number of halogens is 2. The van der Waals surface area contributed by atoms with E-state index in [4.69, 9.17) is 23.2 Å². The van der Waals surface area contributed by atoms with E-state index in [2.05, 4.69) is 5.32 Å². The zero-order valence-corrected chi connectivity index (χ0v) is 25.6. The lowest BCUT2D eigenvalue weighted by molar-refractivity contribution is -0.139. The van der Waals surface area contributed by atoms with Crippen LogP contribution in [0.1, 0.15) is 43.9 Å². The van der Waals surface area contributed by atoms with Crippen LogP contribution < -0.4 is 9.62 Å². The third-order valence-corrected chi connectivity index (χ3v) is 8.89. The molecule has 7 nitrogen and oxygen atoms in total. The van der Waals surface area contributed by atoms with E-state index in [0.29, 0.717) is 0 Å². The smallest absolute Gasteiger partial charge is 0.264 e. The molecular formula is C30H35Cl2N3O4S. The van der Waals surface area contributed by atoms with E-state index in [9.17, 15) is 18.0 Å². The van der Waals surface area contributed by atoms with Gasteiger partial charge in [-0.25, -0.2) is 8.42 Å². The molecule has 10 heteroatoms. The predicted octanol–water partition coefficient (Wildman–Crippen LogP) is 6.14. The van der Waals surface area contributed by atoms with E-state index in [-0.39, 0.29) is 39.1 Å². The van der Waals surface area contributed by atoms with Gasteiger partial charge in [-0.15, -0.1) is 0 Å². The van der Waals surface area contributed by atoms with Crippen molar-refractivity contribution >= 4 is 50.7 Å². The first kappa shape index (κ1) is 31.5. The Hall–Kier alpha value is -3.07. The second-order valence-corrected chi connectivity index (χ2v) is 12.7. The number of sulfonamides is 1. The SMILES string of the molecule is CC[C@@H](C)NC(=O)[C@@H](C)N(Cc1ccc(C)cc1)C(=O)CN(c1cc(Cl)cc(Cl)c1)S(=O)(=O)c1ccc(C)cc1. The molecule has 2 atom stereocenters. The lowest BCUT2D eigenvalue weighted by Crippen LogP contribution is -2.52. The Balaban J connectivity index is 2.05. The van der Waals surface area contributed by atoms with Crippen LogP contribution >= 0.6 is 23.2 Å². The highest BCUT2D eigenvalue weighted by Crippen LogP contribution is 2.30. The van der Waals surface area contributed by atoms with Gasteiger partial charge >= 0.3 is 0 Å². The number of nitrogens with zero attached hydrogens (tertiary/aromatic N) is 2. The zero-order chi connectivity index (χ0) is 29.6. The molecule has 0 heterocycles. The number of amides is 2. The highest BCUT2D eigenvalue weighted by Gasteiger charge is 2.33. The van der Waals surface area contributed by atoms with Crippen molar-refractivity contribution in [3.8, 4) is 0 Å². The third-order valence-electron chi connectivity index (χ3n) is 6.66. The van der Waals surface area contributed by atoms with Crippen LogP contribution in [0.5, 0.6) is 0 Å². The summed E-state index contributed by atoms with van der Waals surface area (Å²) >= 11 is 12.5. The molecule has 0 saturated carbocycles. The fourth-order valence-corrected chi connectivity index (χ4v) is 5.90. The molecular weight excluding hydrogens is 569 g/mol. The van der Waals surface area contributed by atoms with Crippen LogP contribution in [-0.2, 0) is 26.2 Å². The van der Waals surface area contributed by atoms with E-state index in [1.807, 2.05) is 52.0 Å². The second kappa shape index (κ2) is 13.5. The van der Waals surface area contributed by atoms with E-state index in [1.165, 1.54) is 35.2 Å². The molecule has 0 spiro atoms. The average molecular weight is 605 g/mol. The van der Waals surface area contributed by atoms with Gasteiger partial charge in [-0.1, -0.05) is 77.7 Å². The number of aryl methyl sites for hydroxylation is 2. The molecule has 214 valence electrons. The number of hydrogen-bond donors (Lipinski definition) is 1. The monoisotopic (exact) mass is 603 g/mol. The highest BCUT2D eigenvalue weighted by molar-refractivity contribution is 7.92. The van der Waals surface area contributed by atoms with Crippen molar-refractivity contribution < 1.29 is 18.0 Å². The summed E-state index contributed by atoms with van der Waals surface area (Å²) in [6.07, 6.45) is 0.725. The molecule has 3 aromatic carbocycles. The summed E-state index contributed by atoms with van der Waals surface area (Å²) < 4.78 is 28.8. The normalized spacial score (nSPS) is 12.9. The molecule has 3 aromatic rings. The molecule has 40 heavy (non-hydrogen) atoms. The van der Waals surface area contributed by atoms with Gasteiger partial charge in [0, 0.05) is 22.6 Å².